The highest BCUT2D eigenvalue weighted by molar-refractivity contribution is 8.26. The molecule has 0 spiro atoms. The Hall–Kier alpha value is -2.06. The number of benzene rings is 1. The molecular weight excluding hydrogens is 338 g/mol. The standard InChI is InChI=1S/C15H15NO5S2/c1-7(2)12(14(20)21)16-13(19)11(23-15(16)22)5-8-3-4-9(17)6-10(8)18/h3-7,12,17-18H,1-2H3,(H,20,21)/p-1/b11-5+/t12-/m1/s1. The Morgan fingerprint density at radius 2 is 2.04 bits per heavy atom. The Balaban J connectivity index is 2.37. The van der Waals surface area contributed by atoms with Crippen LogP contribution in [0.4, 0.5) is 0 Å². The number of phenolic OH excluding ortho intramolecular Hbond substituents is 2. The lowest BCUT2D eigenvalue weighted by Gasteiger charge is -2.30. The van der Waals surface area contributed by atoms with Crippen LogP contribution in [0, 0.1) is 5.92 Å². The molecule has 6 nitrogen and oxygen atoms in total. The first kappa shape index (κ1) is 17.3. The van der Waals surface area contributed by atoms with Gasteiger partial charge < -0.3 is 20.1 Å². The number of thiocarbonyl (C=S) groups is 1. The van der Waals surface area contributed by atoms with Crippen molar-refractivity contribution in [3.8, 4) is 11.5 Å². The first-order valence-electron chi connectivity index (χ1n) is 6.72. The van der Waals surface area contributed by atoms with Gasteiger partial charge in [-0.15, -0.1) is 0 Å². The number of rotatable bonds is 4. The largest absolute Gasteiger partial charge is 0.548 e. The van der Waals surface area contributed by atoms with Crippen LogP contribution >= 0.6 is 24.0 Å². The quantitative estimate of drug-likeness (QED) is 0.617. The number of aromatic hydroxyl groups is 2. The van der Waals surface area contributed by atoms with Gasteiger partial charge in [0.1, 0.15) is 15.8 Å². The third kappa shape index (κ3) is 3.48. The van der Waals surface area contributed by atoms with E-state index in [1.165, 1.54) is 18.2 Å². The highest BCUT2D eigenvalue weighted by Crippen LogP contribution is 2.36. The summed E-state index contributed by atoms with van der Waals surface area (Å²) < 4.78 is 0.127. The molecule has 1 aliphatic rings. The minimum atomic E-state index is -1.37. The van der Waals surface area contributed by atoms with Crippen molar-refractivity contribution in [1.29, 1.82) is 0 Å². The molecule has 8 heteroatoms. The topological polar surface area (TPSA) is 101 Å². The minimum Gasteiger partial charge on any atom is -0.548 e. The van der Waals surface area contributed by atoms with Gasteiger partial charge in [0.25, 0.3) is 5.91 Å². The van der Waals surface area contributed by atoms with Gasteiger partial charge in [0.15, 0.2) is 0 Å². The van der Waals surface area contributed by atoms with Crippen LogP contribution in [0.3, 0.4) is 0 Å². The van der Waals surface area contributed by atoms with Crippen molar-refractivity contribution in [1.82, 2.24) is 4.90 Å². The summed E-state index contributed by atoms with van der Waals surface area (Å²) in [6, 6.07) is 2.80. The third-order valence-electron chi connectivity index (χ3n) is 3.28. The Morgan fingerprint density at radius 3 is 2.57 bits per heavy atom. The van der Waals surface area contributed by atoms with Gasteiger partial charge in [-0.05, 0) is 24.1 Å². The third-order valence-corrected chi connectivity index (χ3v) is 4.61. The Kier molecular flexibility index (Phi) is 4.96. The van der Waals surface area contributed by atoms with Gasteiger partial charge in [-0.1, -0.05) is 37.8 Å². The molecule has 0 aromatic heterocycles. The van der Waals surface area contributed by atoms with Crippen LogP contribution in [-0.2, 0) is 9.59 Å². The molecule has 2 N–H and O–H groups in total. The fourth-order valence-corrected chi connectivity index (χ4v) is 3.51. The fraction of sp³-hybridized carbons (Fsp3) is 0.267. The van der Waals surface area contributed by atoms with Crippen LogP contribution in [0.25, 0.3) is 6.08 Å². The highest BCUT2D eigenvalue weighted by Gasteiger charge is 2.39. The molecule has 0 radical (unpaired) electrons. The van der Waals surface area contributed by atoms with Crippen LogP contribution in [0.2, 0.25) is 0 Å². The van der Waals surface area contributed by atoms with Crippen molar-refractivity contribution in [3.05, 3.63) is 28.7 Å². The van der Waals surface area contributed by atoms with E-state index in [-0.39, 0.29) is 26.6 Å². The molecule has 1 aliphatic heterocycles. The van der Waals surface area contributed by atoms with Gasteiger partial charge in [-0.25, -0.2) is 0 Å². The molecule has 0 bridgehead atoms. The summed E-state index contributed by atoms with van der Waals surface area (Å²) in [5, 5.41) is 30.4. The van der Waals surface area contributed by atoms with Crippen molar-refractivity contribution < 1.29 is 24.9 Å². The molecule has 1 saturated heterocycles. The maximum Gasteiger partial charge on any atom is 0.266 e. The molecule has 1 aromatic rings. The summed E-state index contributed by atoms with van der Waals surface area (Å²) >= 11 is 6.07. The van der Waals surface area contributed by atoms with Crippen molar-refractivity contribution in [3.63, 3.8) is 0 Å². The number of carboxylic acids is 1. The second-order valence-electron chi connectivity index (χ2n) is 5.30. The van der Waals surface area contributed by atoms with Crippen LogP contribution in [0.1, 0.15) is 19.4 Å². The number of carboxylic acid groups (broad SMARTS) is 1. The normalized spacial score (nSPS) is 18.0. The summed E-state index contributed by atoms with van der Waals surface area (Å²) in [7, 11) is 0. The van der Waals surface area contributed by atoms with Crippen LogP contribution < -0.4 is 5.11 Å². The number of nitrogens with zero attached hydrogens (tertiary/aromatic N) is 1. The number of hydrogen-bond acceptors (Lipinski definition) is 7. The zero-order valence-corrected chi connectivity index (χ0v) is 14.0. The molecule has 1 amide bonds. The maximum absolute atomic E-state index is 12.5. The molecule has 2 rings (SSSR count). The van der Waals surface area contributed by atoms with Gasteiger partial charge >= 0.3 is 0 Å². The predicted molar refractivity (Wildman–Crippen MR) is 88.4 cm³/mol. The van der Waals surface area contributed by atoms with Crippen LogP contribution in [0.5, 0.6) is 11.5 Å². The number of phenols is 2. The van der Waals surface area contributed by atoms with Crippen molar-refractivity contribution in [2.45, 2.75) is 19.9 Å². The van der Waals surface area contributed by atoms with Gasteiger partial charge in [0.2, 0.25) is 0 Å². The number of thioether (sulfide) groups is 1. The van der Waals surface area contributed by atoms with Gasteiger partial charge in [-0.2, -0.15) is 0 Å². The van der Waals surface area contributed by atoms with E-state index in [9.17, 15) is 24.9 Å². The Bertz CT molecular complexity index is 714. The van der Waals surface area contributed by atoms with Crippen molar-refractivity contribution in [2.24, 2.45) is 5.92 Å². The molecule has 0 saturated carbocycles. The van der Waals surface area contributed by atoms with E-state index in [0.717, 1.165) is 22.7 Å². The second kappa shape index (κ2) is 6.59. The van der Waals surface area contributed by atoms with Gasteiger partial charge in [0, 0.05) is 11.6 Å². The SMILES string of the molecule is CC(C)[C@H](C(=O)[O-])N1C(=O)/C(=C\c2ccc(O)cc2O)SC1=S. The lowest BCUT2D eigenvalue weighted by molar-refractivity contribution is -0.311. The molecular formula is C15H14NO5S2-. The number of carbonyl (C=O) groups excluding carboxylic acids is 2. The number of aliphatic carboxylic acids is 1. The van der Waals surface area contributed by atoms with E-state index < -0.39 is 17.9 Å². The van der Waals surface area contributed by atoms with Crippen molar-refractivity contribution in [2.75, 3.05) is 0 Å². The molecule has 23 heavy (non-hydrogen) atoms. The highest BCUT2D eigenvalue weighted by atomic mass is 32.2. The summed E-state index contributed by atoms with van der Waals surface area (Å²) in [6.45, 7) is 3.32. The minimum absolute atomic E-state index is 0.107. The summed E-state index contributed by atoms with van der Waals surface area (Å²) in [6.07, 6.45) is 1.40. The Labute approximate surface area is 142 Å². The average molecular weight is 352 g/mol. The van der Waals surface area contributed by atoms with E-state index in [1.54, 1.807) is 13.8 Å². The number of amides is 1. The zero-order valence-electron chi connectivity index (χ0n) is 12.3. The first-order chi connectivity index (χ1) is 10.7. The summed E-state index contributed by atoms with van der Waals surface area (Å²) in [5.41, 5.74) is 0.317. The molecule has 1 heterocycles. The van der Waals surface area contributed by atoms with Crippen LogP contribution in [0.15, 0.2) is 23.1 Å². The molecule has 1 aromatic carbocycles. The molecule has 1 atom stereocenters. The van der Waals surface area contributed by atoms with Crippen molar-refractivity contribution >= 4 is 46.3 Å². The van der Waals surface area contributed by atoms with Gasteiger partial charge in [-0.3, -0.25) is 9.69 Å². The molecule has 0 unspecified atom stereocenters. The van der Waals surface area contributed by atoms with E-state index in [4.69, 9.17) is 12.2 Å². The van der Waals surface area contributed by atoms with E-state index >= 15 is 0 Å². The van der Waals surface area contributed by atoms with E-state index in [2.05, 4.69) is 0 Å². The van der Waals surface area contributed by atoms with Gasteiger partial charge in [0.05, 0.1) is 16.9 Å². The summed E-state index contributed by atoms with van der Waals surface area (Å²) in [5.74, 6) is -2.59. The predicted octanol–water partition coefficient (Wildman–Crippen LogP) is 1.07. The lowest BCUT2D eigenvalue weighted by atomic mass is 10.0. The maximum atomic E-state index is 12.5. The monoisotopic (exact) mass is 352 g/mol. The van der Waals surface area contributed by atoms with Crippen LogP contribution in [-0.4, -0.2) is 37.4 Å². The molecule has 122 valence electrons. The number of hydrogen-bond donors (Lipinski definition) is 2. The first-order valence-corrected chi connectivity index (χ1v) is 7.94. The zero-order chi connectivity index (χ0) is 17.3. The second-order valence-corrected chi connectivity index (χ2v) is 6.98. The fourth-order valence-electron chi connectivity index (χ4n) is 2.19. The smallest absolute Gasteiger partial charge is 0.266 e. The summed E-state index contributed by atoms with van der Waals surface area (Å²) in [4.78, 5) is 25.0. The lowest BCUT2D eigenvalue weighted by Crippen LogP contribution is -2.52. The Morgan fingerprint density at radius 1 is 1.39 bits per heavy atom. The van der Waals surface area contributed by atoms with E-state index in [0.29, 0.717) is 5.56 Å². The average Bonchev–Trinajstić information content (AvgIpc) is 2.69. The molecule has 0 aliphatic carbocycles. The van der Waals surface area contributed by atoms with E-state index in [1.807, 2.05) is 0 Å². The number of carbonyl (C=O) groups is 2. The molecule has 1 fully saturated rings.